The van der Waals surface area contributed by atoms with Crippen molar-refractivity contribution in [1.82, 2.24) is 0 Å². The van der Waals surface area contributed by atoms with Crippen LogP contribution in [-0.4, -0.2) is 0 Å². The number of hydrogen-bond acceptors (Lipinski definition) is 0. The Labute approximate surface area is 265 Å². The summed E-state index contributed by atoms with van der Waals surface area (Å²) in [5.41, 5.74) is 5.54. The first-order valence-corrected chi connectivity index (χ1v) is 13.3. The first-order valence-electron chi connectivity index (χ1n) is 20.8. The van der Waals surface area contributed by atoms with Crippen molar-refractivity contribution in [2.45, 2.75) is 88.1 Å². The minimum absolute atomic E-state index is 0.0274. The van der Waals surface area contributed by atoms with Gasteiger partial charge in [0.05, 0.1) is 0 Å². The molecule has 2 heteroatoms. The van der Waals surface area contributed by atoms with E-state index in [1.54, 1.807) is 100 Å². The fourth-order valence-electron chi connectivity index (χ4n) is 4.74. The van der Waals surface area contributed by atoms with Crippen LogP contribution in [0, 0.1) is 46.7 Å². The van der Waals surface area contributed by atoms with E-state index in [0.717, 1.165) is 27.9 Å². The topological polar surface area (TPSA) is 7.76 Å². The highest BCUT2D eigenvalue weighted by Crippen LogP contribution is 2.28. The van der Waals surface area contributed by atoms with Crippen molar-refractivity contribution in [3.05, 3.63) is 105 Å². The molecule has 4 aromatic rings. The molecule has 4 rings (SSSR count). The van der Waals surface area contributed by atoms with Crippen molar-refractivity contribution < 1.29 is 29.7 Å². The van der Waals surface area contributed by atoms with Crippen molar-refractivity contribution in [2.75, 3.05) is 0 Å². The van der Waals surface area contributed by atoms with E-state index in [9.17, 15) is 0 Å². The standard InChI is InChI=1S/C20H28N.C18H24N/c1-14-8-9-18(15(2)10-14)19-11-17(12-20(4,5)6)16(3)13-21(19)7;1-12(2)17-11-19(6)18(10-15(17)5)16-8-7-13(3)9-14(16)4/h8-11,13H,12H2,1-7H3;7-12H,1-6H3/q2*+1/i1D3,3D3,12D2;1D3,3D3,12D. The molecule has 1 unspecified atom stereocenters. The zero-order valence-corrected chi connectivity index (χ0v) is 25.2. The molecule has 2 nitrogen and oxygen atoms in total. The van der Waals surface area contributed by atoms with Gasteiger partial charge in [-0.15, -0.1) is 0 Å². The van der Waals surface area contributed by atoms with Gasteiger partial charge < -0.3 is 0 Å². The molecular weight excluding hydrogens is 484 g/mol. The van der Waals surface area contributed by atoms with Crippen LogP contribution in [0.25, 0.3) is 22.5 Å². The van der Waals surface area contributed by atoms with Crippen molar-refractivity contribution in [1.29, 1.82) is 0 Å². The van der Waals surface area contributed by atoms with Gasteiger partial charge in [-0.1, -0.05) is 69.9 Å². The third-order valence-corrected chi connectivity index (χ3v) is 6.67. The molecule has 0 aliphatic heterocycles. The summed E-state index contributed by atoms with van der Waals surface area (Å²) in [5, 5.41) is 0. The van der Waals surface area contributed by atoms with Crippen molar-refractivity contribution in [3.8, 4) is 22.5 Å². The number of aromatic nitrogens is 2. The average Bonchev–Trinajstić information content (AvgIpc) is 3.00. The Bertz CT molecular complexity index is 2040. The van der Waals surface area contributed by atoms with E-state index >= 15 is 0 Å². The zero-order valence-electron chi connectivity index (χ0n) is 40.2. The van der Waals surface area contributed by atoms with Crippen molar-refractivity contribution in [3.63, 3.8) is 0 Å². The molecule has 0 amide bonds. The molecule has 0 radical (unpaired) electrons. The maximum absolute atomic E-state index is 8.67. The van der Waals surface area contributed by atoms with Crippen molar-refractivity contribution in [2.24, 2.45) is 19.5 Å². The van der Waals surface area contributed by atoms with Crippen molar-refractivity contribution >= 4 is 0 Å². The van der Waals surface area contributed by atoms with Gasteiger partial charge in [-0.3, -0.25) is 0 Å². The van der Waals surface area contributed by atoms with Gasteiger partial charge in [0.1, 0.15) is 14.1 Å². The van der Waals surface area contributed by atoms with Gasteiger partial charge in [0, 0.05) is 54.9 Å². The van der Waals surface area contributed by atoms with Crippen LogP contribution in [0.15, 0.2) is 60.9 Å². The number of pyridine rings is 2. The molecule has 2 aromatic heterocycles. The van der Waals surface area contributed by atoms with Crippen LogP contribution in [0.5, 0.6) is 0 Å². The van der Waals surface area contributed by atoms with E-state index in [-0.39, 0.29) is 22.3 Å². The molecular formula is C38H52N2+2. The molecule has 0 spiro atoms. The molecule has 0 N–H and O–H groups in total. The van der Waals surface area contributed by atoms with E-state index in [4.69, 9.17) is 20.6 Å². The van der Waals surface area contributed by atoms with Gasteiger partial charge in [-0.2, -0.15) is 0 Å². The van der Waals surface area contributed by atoms with Crippen LogP contribution >= 0.6 is 0 Å². The smallest absolute Gasteiger partial charge is 0.201 e. The Morgan fingerprint density at radius 1 is 0.750 bits per heavy atom. The largest absolute Gasteiger partial charge is 0.212 e. The number of aryl methyl sites for hydroxylation is 8. The minimum atomic E-state index is -2.47. The van der Waals surface area contributed by atoms with Crippen LogP contribution in [-0.2, 0) is 20.5 Å². The van der Waals surface area contributed by atoms with Gasteiger partial charge in [-0.05, 0) is 93.4 Å². The predicted molar refractivity (Wildman–Crippen MR) is 172 cm³/mol. The number of nitrogens with zero attached hydrogens (tertiary/aromatic N) is 2. The normalized spacial score (nSPS) is 20.1. The SMILES string of the molecule is [2H]C([2H])([2H])c1ccc(-c2cc(C([2H])([2H])C(C)(C)C)c(C([2H])([2H])[2H])c[n+]2C)c(C)c1.[2H]C([2H])([2H])c1ccc(-c2cc(C)c(C([2H])(C)C([2H])([2H])[2H])c[n+]2C)c(C)c1. The van der Waals surface area contributed by atoms with E-state index < -0.39 is 45.1 Å². The lowest BCUT2D eigenvalue weighted by Crippen LogP contribution is -2.32. The summed E-state index contributed by atoms with van der Waals surface area (Å²) in [6.07, 6.45) is 1.24. The first kappa shape index (κ1) is 16.2. The van der Waals surface area contributed by atoms with E-state index in [1.165, 1.54) is 19.2 Å². The minimum Gasteiger partial charge on any atom is -0.201 e. The van der Waals surface area contributed by atoms with Gasteiger partial charge in [0.15, 0.2) is 12.4 Å². The lowest BCUT2D eigenvalue weighted by atomic mass is 9.86. The molecule has 1 atom stereocenters. The molecule has 2 heterocycles. The second-order valence-corrected chi connectivity index (χ2v) is 11.5. The molecule has 0 saturated heterocycles. The monoisotopic (exact) mass is 552 g/mol. The molecule has 0 saturated carbocycles. The maximum Gasteiger partial charge on any atom is 0.212 e. The number of rotatable bonds is 4. The summed E-state index contributed by atoms with van der Waals surface area (Å²) in [5.74, 6) is -1.71. The van der Waals surface area contributed by atoms with Gasteiger partial charge in [0.25, 0.3) is 0 Å². The lowest BCUT2D eigenvalue weighted by molar-refractivity contribution is -0.661. The van der Waals surface area contributed by atoms with E-state index in [1.807, 2.05) is 13.0 Å². The zero-order chi connectivity index (χ0) is 42.7. The summed E-state index contributed by atoms with van der Waals surface area (Å²) < 4.78 is 121. The third-order valence-electron chi connectivity index (χ3n) is 6.67. The highest BCUT2D eigenvalue weighted by molar-refractivity contribution is 5.63. The highest BCUT2D eigenvalue weighted by atomic mass is 14.9. The quantitative estimate of drug-likeness (QED) is 0.224. The Morgan fingerprint density at radius 3 is 1.77 bits per heavy atom. The predicted octanol–water partition coefficient (Wildman–Crippen LogP) is 8.92. The van der Waals surface area contributed by atoms with E-state index in [2.05, 4.69) is 0 Å². The lowest BCUT2D eigenvalue weighted by Gasteiger charge is -2.19. The third kappa shape index (κ3) is 7.68. The second-order valence-electron chi connectivity index (χ2n) is 11.5. The Balaban J connectivity index is 0.000000297. The molecule has 0 aliphatic carbocycles. The summed E-state index contributed by atoms with van der Waals surface area (Å²) >= 11 is 0. The first-order chi connectivity index (χ1) is 24.5. The van der Waals surface area contributed by atoms with Crippen LogP contribution < -0.4 is 9.13 Å². The van der Waals surface area contributed by atoms with E-state index in [0.29, 0.717) is 16.8 Å². The van der Waals surface area contributed by atoms with Gasteiger partial charge >= 0.3 is 0 Å². The van der Waals surface area contributed by atoms with Gasteiger partial charge in [0.2, 0.25) is 11.4 Å². The highest BCUT2D eigenvalue weighted by Gasteiger charge is 2.20. The molecule has 0 fully saturated rings. The molecule has 212 valence electrons. The van der Waals surface area contributed by atoms with Crippen LogP contribution in [0.4, 0.5) is 0 Å². The molecule has 0 bridgehead atoms. The number of hydrogen-bond donors (Lipinski definition) is 0. The summed E-state index contributed by atoms with van der Waals surface area (Å²) in [6, 6.07) is 13.3. The fraction of sp³-hybridized carbons (Fsp3) is 0.421. The summed E-state index contributed by atoms with van der Waals surface area (Å²) in [6.45, 7) is 2.77. The van der Waals surface area contributed by atoms with Gasteiger partial charge in [-0.25, -0.2) is 9.13 Å². The molecule has 0 aliphatic rings. The van der Waals surface area contributed by atoms with Crippen LogP contribution in [0.2, 0.25) is 0 Å². The summed E-state index contributed by atoms with van der Waals surface area (Å²) in [7, 11) is 3.50. The molecule has 2 aromatic carbocycles. The Hall–Kier alpha value is -3.26. The Morgan fingerprint density at radius 2 is 1.30 bits per heavy atom. The van der Waals surface area contributed by atoms with Crippen LogP contribution in [0.3, 0.4) is 0 Å². The second kappa shape index (κ2) is 12.5. The number of benzene rings is 2. The summed E-state index contributed by atoms with van der Waals surface area (Å²) in [4.78, 5) is 0. The van der Waals surface area contributed by atoms with Crippen LogP contribution in [0.1, 0.15) is 106 Å². The Kier molecular flexibility index (Phi) is 5.08. The fourth-order valence-corrected chi connectivity index (χ4v) is 4.74. The maximum atomic E-state index is 8.67. The average molecular weight is 552 g/mol. The molecule has 40 heavy (non-hydrogen) atoms.